The SMILES string of the molecule is CC(C)CNC(=O)C(Cc1ccccc1)N(Cc1cccc(Br)c1)C(=O)CCN1C(=O)c2ccccc2S1(=O)=O. The summed E-state index contributed by atoms with van der Waals surface area (Å²) in [5, 5.41) is 2.96. The predicted molar refractivity (Wildman–Crippen MR) is 156 cm³/mol. The molecule has 3 amide bonds. The molecule has 10 heteroatoms. The van der Waals surface area contributed by atoms with Crippen molar-refractivity contribution in [3.63, 3.8) is 0 Å². The zero-order valence-electron chi connectivity index (χ0n) is 22.4. The van der Waals surface area contributed by atoms with Crippen LogP contribution in [0.2, 0.25) is 0 Å². The maximum absolute atomic E-state index is 13.9. The van der Waals surface area contributed by atoms with Crippen LogP contribution in [-0.4, -0.2) is 54.5 Å². The maximum Gasteiger partial charge on any atom is 0.269 e. The van der Waals surface area contributed by atoms with E-state index < -0.39 is 27.9 Å². The fourth-order valence-corrected chi connectivity index (χ4v) is 6.62. The Morgan fingerprint density at radius 3 is 2.30 bits per heavy atom. The average molecular weight is 627 g/mol. The molecule has 1 heterocycles. The number of fused-ring (bicyclic) bond motifs is 1. The molecule has 0 saturated carbocycles. The second-order valence-corrected chi connectivity index (χ2v) is 12.9. The van der Waals surface area contributed by atoms with E-state index in [1.807, 2.05) is 68.4 Å². The molecule has 210 valence electrons. The van der Waals surface area contributed by atoms with Crippen LogP contribution in [0.3, 0.4) is 0 Å². The first-order valence-electron chi connectivity index (χ1n) is 13.1. The quantitative estimate of drug-likeness (QED) is 0.340. The summed E-state index contributed by atoms with van der Waals surface area (Å²) in [5.41, 5.74) is 1.78. The Hall–Kier alpha value is -3.50. The lowest BCUT2D eigenvalue weighted by Gasteiger charge is -2.32. The Bertz CT molecular complexity index is 1490. The van der Waals surface area contributed by atoms with Gasteiger partial charge in [-0.15, -0.1) is 0 Å². The third-order valence-electron chi connectivity index (χ3n) is 6.64. The summed E-state index contributed by atoms with van der Waals surface area (Å²) in [7, 11) is -4.06. The molecule has 1 aliphatic heterocycles. The van der Waals surface area contributed by atoms with Crippen LogP contribution in [0, 0.1) is 5.92 Å². The summed E-state index contributed by atoms with van der Waals surface area (Å²) in [5.74, 6) is -1.17. The molecule has 0 aliphatic carbocycles. The van der Waals surface area contributed by atoms with Crippen LogP contribution in [0.1, 0.15) is 41.8 Å². The summed E-state index contributed by atoms with van der Waals surface area (Å²) in [4.78, 5) is 41.7. The Kier molecular flexibility index (Phi) is 9.42. The van der Waals surface area contributed by atoms with Crippen LogP contribution in [0.4, 0.5) is 0 Å². The van der Waals surface area contributed by atoms with Gasteiger partial charge in [0.05, 0.1) is 5.56 Å². The number of nitrogens with one attached hydrogen (secondary N) is 1. The number of hydrogen-bond acceptors (Lipinski definition) is 5. The molecule has 0 saturated heterocycles. The number of nitrogens with zero attached hydrogens (tertiary/aromatic N) is 2. The maximum atomic E-state index is 13.9. The van der Waals surface area contributed by atoms with Gasteiger partial charge in [-0.3, -0.25) is 14.4 Å². The Morgan fingerprint density at radius 2 is 1.62 bits per heavy atom. The van der Waals surface area contributed by atoms with Crippen molar-refractivity contribution in [2.24, 2.45) is 5.92 Å². The molecule has 0 spiro atoms. The molecule has 0 bridgehead atoms. The predicted octanol–water partition coefficient (Wildman–Crippen LogP) is 4.40. The fourth-order valence-electron chi connectivity index (χ4n) is 4.60. The Labute approximate surface area is 243 Å². The van der Waals surface area contributed by atoms with Crippen molar-refractivity contribution >= 4 is 43.7 Å². The zero-order chi connectivity index (χ0) is 28.9. The number of sulfonamides is 1. The molecular weight excluding hydrogens is 594 g/mol. The van der Waals surface area contributed by atoms with Crippen LogP contribution >= 0.6 is 15.9 Å². The van der Waals surface area contributed by atoms with E-state index in [4.69, 9.17) is 0 Å². The minimum absolute atomic E-state index is 0.0616. The number of benzene rings is 3. The molecule has 0 aromatic heterocycles. The first-order valence-corrected chi connectivity index (χ1v) is 15.3. The van der Waals surface area contributed by atoms with Crippen molar-refractivity contribution in [1.29, 1.82) is 0 Å². The van der Waals surface area contributed by atoms with Crippen molar-refractivity contribution in [2.75, 3.05) is 13.1 Å². The van der Waals surface area contributed by atoms with E-state index in [1.165, 1.54) is 17.0 Å². The van der Waals surface area contributed by atoms with E-state index >= 15 is 0 Å². The zero-order valence-corrected chi connectivity index (χ0v) is 24.8. The van der Waals surface area contributed by atoms with Crippen LogP contribution in [-0.2, 0) is 32.6 Å². The third-order valence-corrected chi connectivity index (χ3v) is 8.97. The summed E-state index contributed by atoms with van der Waals surface area (Å²) < 4.78 is 27.7. The molecule has 3 aromatic carbocycles. The molecule has 1 aliphatic rings. The van der Waals surface area contributed by atoms with Crippen molar-refractivity contribution in [2.45, 2.75) is 44.2 Å². The van der Waals surface area contributed by atoms with E-state index in [0.717, 1.165) is 19.9 Å². The number of halogens is 1. The molecule has 3 aromatic rings. The van der Waals surface area contributed by atoms with Gasteiger partial charge in [0.2, 0.25) is 11.8 Å². The van der Waals surface area contributed by atoms with Crippen LogP contribution in [0.15, 0.2) is 88.2 Å². The normalized spacial score (nSPS) is 14.6. The summed E-state index contributed by atoms with van der Waals surface area (Å²) in [6, 6.07) is 22.0. The minimum Gasteiger partial charge on any atom is -0.354 e. The fraction of sp³-hybridized carbons (Fsp3) is 0.300. The van der Waals surface area contributed by atoms with Gasteiger partial charge in [-0.05, 0) is 41.3 Å². The van der Waals surface area contributed by atoms with Crippen LogP contribution in [0.5, 0.6) is 0 Å². The molecule has 4 rings (SSSR count). The molecular formula is C30H32BrN3O5S. The highest BCUT2D eigenvalue weighted by atomic mass is 79.9. The smallest absolute Gasteiger partial charge is 0.269 e. The van der Waals surface area contributed by atoms with E-state index in [0.29, 0.717) is 6.54 Å². The van der Waals surface area contributed by atoms with E-state index in [2.05, 4.69) is 21.2 Å². The molecule has 40 heavy (non-hydrogen) atoms. The number of carbonyl (C=O) groups is 3. The number of hydrogen-bond donors (Lipinski definition) is 1. The monoisotopic (exact) mass is 625 g/mol. The first-order chi connectivity index (χ1) is 19.1. The lowest BCUT2D eigenvalue weighted by molar-refractivity contribution is -0.141. The minimum atomic E-state index is -4.06. The molecule has 0 fully saturated rings. The second kappa shape index (κ2) is 12.8. The highest BCUT2D eigenvalue weighted by molar-refractivity contribution is 9.10. The number of carbonyl (C=O) groups excluding carboxylic acids is 3. The highest BCUT2D eigenvalue weighted by Crippen LogP contribution is 2.30. The summed E-state index contributed by atoms with van der Waals surface area (Å²) >= 11 is 3.46. The van der Waals surface area contributed by atoms with Crippen molar-refractivity contribution < 1.29 is 22.8 Å². The lowest BCUT2D eigenvalue weighted by atomic mass is 10.0. The van der Waals surface area contributed by atoms with Gasteiger partial charge in [-0.1, -0.05) is 84.4 Å². The van der Waals surface area contributed by atoms with Crippen molar-refractivity contribution in [3.8, 4) is 0 Å². The topological polar surface area (TPSA) is 104 Å². The second-order valence-electron chi connectivity index (χ2n) is 10.1. The van der Waals surface area contributed by atoms with Crippen molar-refractivity contribution in [3.05, 3.63) is 100 Å². The Balaban J connectivity index is 1.63. The molecule has 1 N–H and O–H groups in total. The van der Waals surface area contributed by atoms with Gasteiger partial charge in [-0.25, -0.2) is 12.7 Å². The average Bonchev–Trinajstić information content (AvgIpc) is 3.13. The van der Waals surface area contributed by atoms with Gasteiger partial charge >= 0.3 is 0 Å². The lowest BCUT2D eigenvalue weighted by Crippen LogP contribution is -2.51. The number of rotatable bonds is 11. The van der Waals surface area contributed by atoms with Gasteiger partial charge in [0, 0.05) is 36.9 Å². The van der Waals surface area contributed by atoms with Gasteiger partial charge < -0.3 is 10.2 Å². The largest absolute Gasteiger partial charge is 0.354 e. The van der Waals surface area contributed by atoms with Crippen LogP contribution in [0.25, 0.3) is 0 Å². The summed E-state index contributed by atoms with van der Waals surface area (Å²) in [6.07, 6.45) is 0.00656. The van der Waals surface area contributed by atoms with E-state index in [1.54, 1.807) is 12.1 Å². The van der Waals surface area contributed by atoms with E-state index in [9.17, 15) is 22.8 Å². The van der Waals surface area contributed by atoms with Crippen LogP contribution < -0.4 is 5.32 Å². The standard InChI is InChI=1S/C30H32BrN3O5S/c1-21(2)19-32-29(36)26(18-22-9-4-3-5-10-22)33(20-23-11-8-12-24(31)17-23)28(35)15-16-34-30(37)25-13-6-7-14-27(25)40(34,38)39/h3-14,17,21,26H,15-16,18-20H2,1-2H3,(H,32,36). The van der Waals surface area contributed by atoms with Gasteiger partial charge in [0.1, 0.15) is 10.9 Å². The molecule has 1 atom stereocenters. The van der Waals surface area contributed by atoms with E-state index in [-0.39, 0.29) is 48.2 Å². The van der Waals surface area contributed by atoms with Gasteiger partial charge in [0.25, 0.3) is 15.9 Å². The molecule has 8 nitrogen and oxygen atoms in total. The highest BCUT2D eigenvalue weighted by Gasteiger charge is 2.41. The first kappa shape index (κ1) is 29.5. The number of amides is 3. The third kappa shape index (κ3) is 6.79. The van der Waals surface area contributed by atoms with Gasteiger partial charge in [-0.2, -0.15) is 0 Å². The summed E-state index contributed by atoms with van der Waals surface area (Å²) in [6.45, 7) is 4.23. The Morgan fingerprint density at radius 1 is 0.950 bits per heavy atom. The molecule has 0 radical (unpaired) electrons. The van der Waals surface area contributed by atoms with Crippen molar-refractivity contribution in [1.82, 2.24) is 14.5 Å². The molecule has 1 unspecified atom stereocenters. The van der Waals surface area contributed by atoms with Gasteiger partial charge in [0.15, 0.2) is 0 Å².